The van der Waals surface area contributed by atoms with Gasteiger partial charge < -0.3 is 9.47 Å². The van der Waals surface area contributed by atoms with Gasteiger partial charge in [0, 0.05) is 26.1 Å². The first-order valence-electron chi connectivity index (χ1n) is 5.90. The molecule has 4 nitrogen and oxygen atoms in total. The van der Waals surface area contributed by atoms with E-state index in [1.54, 1.807) is 0 Å². The van der Waals surface area contributed by atoms with Gasteiger partial charge in [-0.25, -0.2) is 4.79 Å². The highest BCUT2D eigenvalue weighted by atomic mass is 16.6. The van der Waals surface area contributed by atoms with Crippen molar-refractivity contribution in [2.45, 2.75) is 38.9 Å². The molecular weight excluding hydrogens is 218 g/mol. The summed E-state index contributed by atoms with van der Waals surface area (Å²) in [4.78, 5) is 13.6. The van der Waals surface area contributed by atoms with E-state index in [1.165, 1.54) is 0 Å². The Morgan fingerprint density at radius 2 is 2.12 bits per heavy atom. The summed E-state index contributed by atoms with van der Waals surface area (Å²) in [5.41, 5.74) is -0.446. The second-order valence-electron chi connectivity index (χ2n) is 5.23. The van der Waals surface area contributed by atoms with Crippen LogP contribution in [0.5, 0.6) is 0 Å². The number of hydrogen-bond donors (Lipinski definition) is 0. The van der Waals surface area contributed by atoms with Crippen molar-refractivity contribution in [2.75, 3.05) is 26.2 Å². The molecule has 0 atom stereocenters. The topological polar surface area (TPSA) is 38.8 Å². The summed E-state index contributed by atoms with van der Waals surface area (Å²) in [6.07, 6.45) is 6.08. The van der Waals surface area contributed by atoms with Crippen molar-refractivity contribution in [1.29, 1.82) is 0 Å². The average molecular weight is 239 g/mol. The fourth-order valence-corrected chi connectivity index (χ4v) is 1.59. The van der Waals surface area contributed by atoms with Gasteiger partial charge in [0.15, 0.2) is 0 Å². The minimum atomic E-state index is -0.446. The van der Waals surface area contributed by atoms with Crippen LogP contribution in [0.1, 0.15) is 27.2 Å². The van der Waals surface area contributed by atoms with E-state index < -0.39 is 5.60 Å². The van der Waals surface area contributed by atoms with E-state index in [0.29, 0.717) is 0 Å². The van der Waals surface area contributed by atoms with Crippen LogP contribution in [0.15, 0.2) is 0 Å². The molecule has 0 N–H and O–H groups in total. The predicted octanol–water partition coefficient (Wildman–Crippen LogP) is 1.05. The number of nitrogens with zero attached hydrogens (tertiary/aromatic N) is 1. The number of esters is 1. The predicted molar refractivity (Wildman–Crippen MR) is 65.5 cm³/mol. The Labute approximate surface area is 103 Å². The molecule has 17 heavy (non-hydrogen) atoms. The van der Waals surface area contributed by atoms with Gasteiger partial charge in [-0.15, -0.1) is 12.3 Å². The molecule has 1 rings (SSSR count). The molecule has 4 heteroatoms. The van der Waals surface area contributed by atoms with Gasteiger partial charge >= 0.3 is 5.97 Å². The lowest BCUT2D eigenvalue weighted by Crippen LogP contribution is -2.52. The Hall–Kier alpha value is -1.05. The third-order valence-electron chi connectivity index (χ3n) is 2.35. The number of carbonyl (C=O) groups excluding carboxylic acids is 1. The number of ether oxygens (including phenoxy) is 2. The zero-order valence-corrected chi connectivity index (χ0v) is 10.9. The van der Waals surface area contributed by atoms with Crippen LogP contribution in [0.3, 0.4) is 0 Å². The molecule has 0 aliphatic carbocycles. The summed E-state index contributed by atoms with van der Waals surface area (Å²) in [6, 6.07) is 0. The second-order valence-corrected chi connectivity index (χ2v) is 5.23. The number of carbonyl (C=O) groups is 1. The molecule has 0 aromatic heterocycles. The molecule has 1 heterocycles. The van der Waals surface area contributed by atoms with Gasteiger partial charge in [0.2, 0.25) is 0 Å². The van der Waals surface area contributed by atoms with Gasteiger partial charge in [-0.1, -0.05) is 0 Å². The SMILES string of the molecule is C#CCCN1CC(OCC(=O)OC(C)(C)C)C1. The summed E-state index contributed by atoms with van der Waals surface area (Å²) in [5, 5.41) is 0. The molecule has 96 valence electrons. The van der Waals surface area contributed by atoms with Crippen LogP contribution >= 0.6 is 0 Å². The molecule has 0 amide bonds. The van der Waals surface area contributed by atoms with Crippen molar-refractivity contribution < 1.29 is 14.3 Å². The van der Waals surface area contributed by atoms with Gasteiger partial charge in [0.1, 0.15) is 12.2 Å². The van der Waals surface area contributed by atoms with E-state index in [-0.39, 0.29) is 18.7 Å². The lowest BCUT2D eigenvalue weighted by atomic mass is 10.1. The Kier molecular flexibility index (Phi) is 4.98. The van der Waals surface area contributed by atoms with Crippen molar-refractivity contribution in [2.24, 2.45) is 0 Å². The van der Waals surface area contributed by atoms with Crippen LogP contribution in [0.25, 0.3) is 0 Å². The normalized spacial score (nSPS) is 17.3. The third-order valence-corrected chi connectivity index (χ3v) is 2.35. The molecule has 1 aliphatic rings. The van der Waals surface area contributed by atoms with Gasteiger partial charge in [0.05, 0.1) is 6.10 Å². The Bertz CT molecular complexity index is 295. The summed E-state index contributed by atoms with van der Waals surface area (Å²) < 4.78 is 10.6. The average Bonchev–Trinajstić information content (AvgIpc) is 2.11. The van der Waals surface area contributed by atoms with Crippen LogP contribution in [0, 0.1) is 12.3 Å². The second kappa shape index (κ2) is 6.04. The summed E-state index contributed by atoms with van der Waals surface area (Å²) in [5.74, 6) is 2.30. The largest absolute Gasteiger partial charge is 0.458 e. The summed E-state index contributed by atoms with van der Waals surface area (Å²) in [6.45, 7) is 8.17. The number of rotatable bonds is 5. The van der Waals surface area contributed by atoms with Gasteiger partial charge in [0.25, 0.3) is 0 Å². The lowest BCUT2D eigenvalue weighted by Gasteiger charge is -2.38. The third kappa shape index (κ3) is 5.71. The van der Waals surface area contributed by atoms with Crippen molar-refractivity contribution in [1.82, 2.24) is 4.90 Å². The Balaban J connectivity index is 2.06. The molecule has 0 unspecified atom stereocenters. The molecule has 1 saturated heterocycles. The van der Waals surface area contributed by atoms with Gasteiger partial charge in [-0.05, 0) is 20.8 Å². The van der Waals surface area contributed by atoms with E-state index >= 15 is 0 Å². The monoisotopic (exact) mass is 239 g/mol. The highest BCUT2D eigenvalue weighted by molar-refractivity contribution is 5.71. The first-order valence-corrected chi connectivity index (χ1v) is 5.90. The van der Waals surface area contributed by atoms with Crippen molar-refractivity contribution >= 4 is 5.97 Å². The number of hydrogen-bond acceptors (Lipinski definition) is 4. The van der Waals surface area contributed by atoms with Crippen LogP contribution < -0.4 is 0 Å². The fourth-order valence-electron chi connectivity index (χ4n) is 1.59. The zero-order valence-electron chi connectivity index (χ0n) is 10.9. The van der Waals surface area contributed by atoms with Crippen LogP contribution in [-0.2, 0) is 14.3 Å². The van der Waals surface area contributed by atoms with E-state index in [0.717, 1.165) is 26.1 Å². The van der Waals surface area contributed by atoms with E-state index in [4.69, 9.17) is 15.9 Å². The summed E-state index contributed by atoms with van der Waals surface area (Å²) >= 11 is 0. The van der Waals surface area contributed by atoms with E-state index in [9.17, 15) is 4.79 Å². The van der Waals surface area contributed by atoms with Crippen LogP contribution in [-0.4, -0.2) is 48.8 Å². The Morgan fingerprint density at radius 3 is 2.65 bits per heavy atom. The maximum atomic E-state index is 11.4. The molecule has 0 saturated carbocycles. The molecule has 0 aromatic rings. The fraction of sp³-hybridized carbons (Fsp3) is 0.769. The minimum Gasteiger partial charge on any atom is -0.458 e. The first kappa shape index (κ1) is 14.0. The Morgan fingerprint density at radius 1 is 1.47 bits per heavy atom. The summed E-state index contributed by atoms with van der Waals surface area (Å²) in [7, 11) is 0. The van der Waals surface area contributed by atoms with E-state index in [2.05, 4.69) is 10.8 Å². The van der Waals surface area contributed by atoms with Gasteiger partial charge in [-0.3, -0.25) is 4.90 Å². The maximum Gasteiger partial charge on any atom is 0.332 e. The van der Waals surface area contributed by atoms with E-state index in [1.807, 2.05) is 20.8 Å². The van der Waals surface area contributed by atoms with Crippen LogP contribution in [0.4, 0.5) is 0 Å². The lowest BCUT2D eigenvalue weighted by molar-refractivity contribution is -0.165. The molecule has 0 radical (unpaired) electrons. The standard InChI is InChI=1S/C13H21NO3/c1-5-6-7-14-8-11(9-14)16-10-12(15)17-13(2,3)4/h1,11H,6-10H2,2-4H3. The molecule has 1 fully saturated rings. The maximum absolute atomic E-state index is 11.4. The number of terminal acetylenes is 1. The quantitative estimate of drug-likeness (QED) is 0.531. The van der Waals surface area contributed by atoms with Crippen molar-refractivity contribution in [3.63, 3.8) is 0 Å². The van der Waals surface area contributed by atoms with Crippen molar-refractivity contribution in [3.8, 4) is 12.3 Å². The zero-order chi connectivity index (χ0) is 12.9. The highest BCUT2D eigenvalue weighted by Gasteiger charge is 2.27. The minimum absolute atomic E-state index is 0.0327. The number of likely N-dealkylation sites (tertiary alicyclic amines) is 1. The molecule has 0 spiro atoms. The highest BCUT2D eigenvalue weighted by Crippen LogP contribution is 2.12. The molecule has 0 bridgehead atoms. The molecule has 1 aliphatic heterocycles. The molecular formula is C13H21NO3. The van der Waals surface area contributed by atoms with Crippen molar-refractivity contribution in [3.05, 3.63) is 0 Å². The van der Waals surface area contributed by atoms with Gasteiger partial charge in [-0.2, -0.15) is 0 Å². The first-order chi connectivity index (χ1) is 7.90. The smallest absolute Gasteiger partial charge is 0.332 e. The van der Waals surface area contributed by atoms with Crippen LogP contribution in [0.2, 0.25) is 0 Å². The molecule has 0 aromatic carbocycles.